The van der Waals surface area contributed by atoms with Gasteiger partial charge in [0.05, 0.1) is 27.9 Å². The molecule has 0 aromatic heterocycles. The SMILES string of the molecule is O=C(Oc1ccc(/C=N\NC(=O)c2ccccc2Cl)c(OC(=O)c2ccccc2)c1)c1ccccc1. The molecule has 4 aromatic carbocycles. The number of amides is 1. The third kappa shape index (κ3) is 6.22. The highest BCUT2D eigenvalue weighted by Crippen LogP contribution is 2.26. The Morgan fingerprint density at radius 1 is 0.722 bits per heavy atom. The molecule has 0 fully saturated rings. The monoisotopic (exact) mass is 498 g/mol. The van der Waals surface area contributed by atoms with Crippen LogP contribution in [-0.2, 0) is 0 Å². The average molecular weight is 499 g/mol. The summed E-state index contributed by atoms with van der Waals surface area (Å²) in [7, 11) is 0. The van der Waals surface area contributed by atoms with Crippen molar-refractivity contribution in [3.05, 3.63) is 130 Å². The number of ether oxygens (including phenoxy) is 2. The lowest BCUT2D eigenvalue weighted by Crippen LogP contribution is -2.18. The first-order valence-electron chi connectivity index (χ1n) is 10.8. The van der Waals surface area contributed by atoms with Crippen LogP contribution in [0, 0.1) is 0 Å². The Labute approximate surface area is 211 Å². The minimum absolute atomic E-state index is 0.0814. The lowest BCUT2D eigenvalue weighted by atomic mass is 10.2. The summed E-state index contributed by atoms with van der Waals surface area (Å²) in [5.74, 6) is -1.44. The number of carbonyl (C=O) groups excluding carboxylic acids is 3. The van der Waals surface area contributed by atoms with Gasteiger partial charge in [-0.2, -0.15) is 5.10 Å². The van der Waals surface area contributed by atoms with E-state index in [2.05, 4.69) is 10.5 Å². The minimum Gasteiger partial charge on any atom is -0.423 e. The number of halogens is 1. The topological polar surface area (TPSA) is 94.1 Å². The summed E-state index contributed by atoms with van der Waals surface area (Å²) in [6.45, 7) is 0. The summed E-state index contributed by atoms with van der Waals surface area (Å²) in [6, 6.07) is 27.9. The summed E-state index contributed by atoms with van der Waals surface area (Å²) < 4.78 is 11.0. The zero-order valence-electron chi connectivity index (χ0n) is 18.8. The van der Waals surface area contributed by atoms with Crippen molar-refractivity contribution in [1.82, 2.24) is 5.43 Å². The molecule has 36 heavy (non-hydrogen) atoms. The van der Waals surface area contributed by atoms with E-state index < -0.39 is 17.8 Å². The van der Waals surface area contributed by atoms with Gasteiger partial charge in [0.1, 0.15) is 11.5 Å². The highest BCUT2D eigenvalue weighted by Gasteiger charge is 2.15. The van der Waals surface area contributed by atoms with Crippen LogP contribution in [0.1, 0.15) is 36.6 Å². The molecular weight excluding hydrogens is 480 g/mol. The first-order chi connectivity index (χ1) is 17.5. The van der Waals surface area contributed by atoms with Gasteiger partial charge in [0.25, 0.3) is 5.91 Å². The molecule has 0 aliphatic rings. The number of nitrogens with one attached hydrogen (secondary N) is 1. The number of hydrogen-bond donors (Lipinski definition) is 1. The number of carbonyl (C=O) groups is 3. The van der Waals surface area contributed by atoms with Gasteiger partial charge in [0.15, 0.2) is 0 Å². The van der Waals surface area contributed by atoms with Crippen LogP contribution in [-0.4, -0.2) is 24.1 Å². The summed E-state index contributed by atoms with van der Waals surface area (Å²) in [6.07, 6.45) is 1.31. The Bertz CT molecular complexity index is 1420. The van der Waals surface area contributed by atoms with E-state index in [9.17, 15) is 14.4 Å². The fourth-order valence-electron chi connectivity index (χ4n) is 3.11. The molecule has 178 valence electrons. The number of esters is 2. The van der Waals surface area contributed by atoms with Crippen molar-refractivity contribution < 1.29 is 23.9 Å². The Kier molecular flexibility index (Phi) is 7.85. The summed E-state index contributed by atoms with van der Waals surface area (Å²) in [5.41, 5.74) is 3.71. The average Bonchev–Trinajstić information content (AvgIpc) is 2.91. The van der Waals surface area contributed by atoms with E-state index in [1.54, 1.807) is 91.0 Å². The van der Waals surface area contributed by atoms with Gasteiger partial charge in [-0.3, -0.25) is 4.79 Å². The maximum absolute atomic E-state index is 12.7. The molecule has 1 amide bonds. The van der Waals surface area contributed by atoms with E-state index in [0.29, 0.717) is 16.7 Å². The van der Waals surface area contributed by atoms with Crippen LogP contribution in [0.25, 0.3) is 0 Å². The van der Waals surface area contributed by atoms with Crippen LogP contribution in [0.2, 0.25) is 5.02 Å². The first kappa shape index (κ1) is 24.4. The molecule has 1 N–H and O–H groups in total. The van der Waals surface area contributed by atoms with Gasteiger partial charge in [-0.05, 0) is 48.5 Å². The van der Waals surface area contributed by atoms with E-state index in [-0.39, 0.29) is 22.1 Å². The van der Waals surface area contributed by atoms with Gasteiger partial charge in [-0.15, -0.1) is 0 Å². The van der Waals surface area contributed by atoms with Crippen molar-refractivity contribution in [1.29, 1.82) is 0 Å². The molecule has 4 rings (SSSR count). The molecule has 4 aromatic rings. The maximum Gasteiger partial charge on any atom is 0.343 e. The van der Waals surface area contributed by atoms with Crippen LogP contribution in [0.4, 0.5) is 0 Å². The summed E-state index contributed by atoms with van der Waals surface area (Å²) in [4.78, 5) is 37.5. The van der Waals surface area contributed by atoms with E-state index in [1.165, 1.54) is 18.3 Å². The lowest BCUT2D eigenvalue weighted by molar-refractivity contribution is 0.0732. The maximum atomic E-state index is 12.7. The number of benzene rings is 4. The molecular formula is C28H19ClN2O5. The largest absolute Gasteiger partial charge is 0.423 e. The summed E-state index contributed by atoms with van der Waals surface area (Å²) in [5, 5.41) is 4.24. The van der Waals surface area contributed by atoms with E-state index >= 15 is 0 Å². The van der Waals surface area contributed by atoms with Crippen LogP contribution >= 0.6 is 11.6 Å². The standard InChI is InChI=1S/C28H19ClN2O5/c29-24-14-8-7-13-23(24)26(32)31-30-18-21-15-16-22(35-27(33)19-9-3-1-4-10-19)17-25(21)36-28(34)20-11-5-2-6-12-20/h1-18H,(H,31,32)/b30-18-. The predicted molar refractivity (Wildman–Crippen MR) is 136 cm³/mol. The fraction of sp³-hybridized carbons (Fsp3) is 0. The second kappa shape index (κ2) is 11.6. The molecule has 8 heteroatoms. The van der Waals surface area contributed by atoms with Crippen molar-refractivity contribution in [2.24, 2.45) is 5.10 Å². The second-order valence-corrected chi connectivity index (χ2v) is 7.80. The van der Waals surface area contributed by atoms with Crippen LogP contribution in [0.15, 0.2) is 108 Å². The van der Waals surface area contributed by atoms with Crippen LogP contribution < -0.4 is 14.9 Å². The number of hydrogen-bond acceptors (Lipinski definition) is 6. The second-order valence-electron chi connectivity index (χ2n) is 7.39. The quantitative estimate of drug-likeness (QED) is 0.156. The molecule has 0 radical (unpaired) electrons. The highest BCUT2D eigenvalue weighted by atomic mass is 35.5. The van der Waals surface area contributed by atoms with Crippen molar-refractivity contribution in [2.75, 3.05) is 0 Å². The Morgan fingerprint density at radius 2 is 1.31 bits per heavy atom. The third-order valence-electron chi connectivity index (χ3n) is 4.91. The van der Waals surface area contributed by atoms with Crippen LogP contribution in [0.3, 0.4) is 0 Å². The third-order valence-corrected chi connectivity index (χ3v) is 5.24. The van der Waals surface area contributed by atoms with Gasteiger partial charge in [0.2, 0.25) is 0 Å². The van der Waals surface area contributed by atoms with Crippen molar-refractivity contribution >= 4 is 35.7 Å². The number of rotatable bonds is 7. The molecule has 7 nitrogen and oxygen atoms in total. The number of nitrogens with zero attached hydrogens (tertiary/aromatic N) is 1. The minimum atomic E-state index is -0.614. The number of hydrazone groups is 1. The van der Waals surface area contributed by atoms with Gasteiger partial charge in [-0.1, -0.05) is 60.1 Å². The van der Waals surface area contributed by atoms with Gasteiger partial charge in [-0.25, -0.2) is 15.0 Å². The molecule has 0 spiro atoms. The highest BCUT2D eigenvalue weighted by molar-refractivity contribution is 6.33. The molecule has 0 aliphatic carbocycles. The first-order valence-corrected chi connectivity index (χ1v) is 11.2. The normalized spacial score (nSPS) is 10.6. The molecule has 0 heterocycles. The van der Waals surface area contributed by atoms with Gasteiger partial charge < -0.3 is 9.47 Å². The zero-order valence-corrected chi connectivity index (χ0v) is 19.5. The Balaban J connectivity index is 1.56. The van der Waals surface area contributed by atoms with Crippen LogP contribution in [0.5, 0.6) is 11.5 Å². The van der Waals surface area contributed by atoms with Gasteiger partial charge in [0, 0.05) is 11.6 Å². The molecule has 0 aliphatic heterocycles. The molecule has 0 bridgehead atoms. The van der Waals surface area contributed by atoms with E-state index in [1.807, 2.05) is 0 Å². The summed E-state index contributed by atoms with van der Waals surface area (Å²) >= 11 is 6.05. The smallest absolute Gasteiger partial charge is 0.343 e. The zero-order chi connectivity index (χ0) is 25.3. The van der Waals surface area contributed by atoms with E-state index in [4.69, 9.17) is 21.1 Å². The van der Waals surface area contributed by atoms with Crippen molar-refractivity contribution in [2.45, 2.75) is 0 Å². The molecule has 0 saturated carbocycles. The fourth-order valence-corrected chi connectivity index (χ4v) is 3.33. The Hall–Kier alpha value is -4.75. The van der Waals surface area contributed by atoms with Crippen molar-refractivity contribution in [3.8, 4) is 11.5 Å². The molecule has 0 unspecified atom stereocenters. The van der Waals surface area contributed by atoms with Crippen molar-refractivity contribution in [3.63, 3.8) is 0 Å². The Morgan fingerprint density at radius 3 is 1.94 bits per heavy atom. The lowest BCUT2D eigenvalue weighted by Gasteiger charge is -2.10. The predicted octanol–water partition coefficient (Wildman–Crippen LogP) is 5.54. The molecule has 0 atom stereocenters. The van der Waals surface area contributed by atoms with E-state index in [0.717, 1.165) is 0 Å². The van der Waals surface area contributed by atoms with Gasteiger partial charge >= 0.3 is 11.9 Å². The molecule has 0 saturated heterocycles.